The zero-order valence-corrected chi connectivity index (χ0v) is 13.1. The molecule has 2 unspecified atom stereocenters. The number of urea groups is 1. The number of anilines is 1. The Morgan fingerprint density at radius 3 is 2.76 bits per heavy atom. The van der Waals surface area contributed by atoms with E-state index in [4.69, 9.17) is 9.84 Å². The quantitative estimate of drug-likeness (QED) is 0.773. The lowest BCUT2D eigenvalue weighted by atomic mass is 10.2. The first-order chi connectivity index (χ1) is 9.94. The molecule has 1 aromatic rings. The zero-order valence-electron chi connectivity index (χ0n) is 11.6. The number of amides is 2. The number of ether oxygens (including phenoxy) is 1. The van der Waals surface area contributed by atoms with E-state index in [1.54, 1.807) is 6.07 Å². The minimum atomic E-state index is -0.952. The second kappa shape index (κ2) is 6.91. The molecule has 1 fully saturated rings. The van der Waals surface area contributed by atoms with Crippen molar-refractivity contribution in [3.63, 3.8) is 0 Å². The number of aliphatic carboxylic acids is 1. The Bertz CT molecular complexity index is 530. The molecule has 7 heteroatoms. The smallest absolute Gasteiger partial charge is 0.332 e. The van der Waals surface area contributed by atoms with Gasteiger partial charge >= 0.3 is 12.0 Å². The van der Waals surface area contributed by atoms with Crippen molar-refractivity contribution in [3.8, 4) is 0 Å². The molecule has 3 N–H and O–H groups in total. The van der Waals surface area contributed by atoms with Gasteiger partial charge in [0.2, 0.25) is 0 Å². The molecule has 0 spiro atoms. The molecular weight excluding hydrogens is 340 g/mol. The topological polar surface area (TPSA) is 87.7 Å². The summed E-state index contributed by atoms with van der Waals surface area (Å²) in [7, 11) is 0. The van der Waals surface area contributed by atoms with Crippen molar-refractivity contribution in [2.24, 2.45) is 0 Å². The second-order valence-corrected chi connectivity index (χ2v) is 5.93. The first kappa shape index (κ1) is 15.8. The maximum Gasteiger partial charge on any atom is 0.332 e. The number of rotatable bonds is 4. The van der Waals surface area contributed by atoms with Crippen LogP contribution in [0, 0.1) is 6.92 Å². The highest BCUT2D eigenvalue weighted by molar-refractivity contribution is 9.10. The van der Waals surface area contributed by atoms with Gasteiger partial charge in [-0.3, -0.25) is 0 Å². The van der Waals surface area contributed by atoms with E-state index in [9.17, 15) is 9.59 Å². The van der Waals surface area contributed by atoms with Crippen molar-refractivity contribution in [2.75, 3.05) is 11.9 Å². The fourth-order valence-corrected chi connectivity index (χ4v) is 2.84. The van der Waals surface area contributed by atoms with Crippen LogP contribution in [-0.4, -0.2) is 35.9 Å². The predicted molar refractivity (Wildman–Crippen MR) is 81.4 cm³/mol. The summed E-state index contributed by atoms with van der Waals surface area (Å²) < 4.78 is 6.20. The van der Waals surface area contributed by atoms with Crippen molar-refractivity contribution in [1.29, 1.82) is 0 Å². The van der Waals surface area contributed by atoms with Gasteiger partial charge in [0.05, 0.1) is 6.10 Å². The number of hydrogen-bond acceptors (Lipinski definition) is 3. The molecule has 0 aliphatic carbocycles. The fraction of sp³-hybridized carbons (Fsp3) is 0.429. The summed E-state index contributed by atoms with van der Waals surface area (Å²) >= 11 is 3.37. The predicted octanol–water partition coefficient (Wildman–Crippen LogP) is 2.51. The lowest BCUT2D eigenvalue weighted by molar-refractivity contribution is -0.149. The molecule has 0 aromatic heterocycles. The van der Waals surface area contributed by atoms with Gasteiger partial charge in [0.15, 0.2) is 6.10 Å². The number of aryl methyl sites for hydroxylation is 1. The van der Waals surface area contributed by atoms with Gasteiger partial charge in [-0.05, 0) is 43.5 Å². The highest BCUT2D eigenvalue weighted by atomic mass is 79.9. The average molecular weight is 357 g/mol. The van der Waals surface area contributed by atoms with Gasteiger partial charge in [0.1, 0.15) is 0 Å². The van der Waals surface area contributed by atoms with Gasteiger partial charge in [0.25, 0.3) is 0 Å². The van der Waals surface area contributed by atoms with E-state index in [1.807, 2.05) is 19.1 Å². The summed E-state index contributed by atoms with van der Waals surface area (Å²) in [5.74, 6) is -0.952. The van der Waals surface area contributed by atoms with Crippen LogP contribution in [-0.2, 0) is 9.53 Å². The van der Waals surface area contributed by atoms with Gasteiger partial charge in [0, 0.05) is 16.7 Å². The van der Waals surface area contributed by atoms with E-state index in [-0.39, 0.29) is 12.1 Å². The number of halogens is 1. The molecule has 2 atom stereocenters. The normalized spacial score (nSPS) is 21.0. The molecule has 0 radical (unpaired) electrons. The number of carbonyl (C=O) groups is 2. The lowest BCUT2D eigenvalue weighted by Crippen LogP contribution is -2.35. The SMILES string of the molecule is Cc1cc(Br)cc(NC(=O)NCC2CCC(C(=O)O)O2)c1. The Morgan fingerprint density at radius 1 is 1.38 bits per heavy atom. The summed E-state index contributed by atoms with van der Waals surface area (Å²) in [5.41, 5.74) is 1.72. The summed E-state index contributed by atoms with van der Waals surface area (Å²) in [6.45, 7) is 2.23. The molecule has 2 rings (SSSR count). The average Bonchev–Trinajstić information content (AvgIpc) is 2.84. The van der Waals surface area contributed by atoms with Crippen LogP contribution in [0.1, 0.15) is 18.4 Å². The van der Waals surface area contributed by atoms with Crippen molar-refractivity contribution in [3.05, 3.63) is 28.2 Å². The first-order valence-electron chi connectivity index (χ1n) is 6.64. The van der Waals surface area contributed by atoms with Crippen LogP contribution in [0.4, 0.5) is 10.5 Å². The molecule has 2 amide bonds. The van der Waals surface area contributed by atoms with Crippen molar-refractivity contribution < 1.29 is 19.4 Å². The monoisotopic (exact) mass is 356 g/mol. The Morgan fingerprint density at radius 2 is 2.14 bits per heavy atom. The molecule has 21 heavy (non-hydrogen) atoms. The standard InChI is InChI=1S/C14H17BrN2O4/c1-8-4-9(15)6-10(5-8)17-14(20)16-7-11-2-3-12(21-11)13(18)19/h4-6,11-12H,2-3,7H2,1H3,(H,18,19)(H2,16,17,20). The third kappa shape index (κ3) is 4.71. The number of carboxylic acid groups (broad SMARTS) is 1. The van der Waals surface area contributed by atoms with Crippen LogP contribution < -0.4 is 10.6 Å². The number of nitrogens with one attached hydrogen (secondary N) is 2. The van der Waals surface area contributed by atoms with E-state index >= 15 is 0 Å². The maximum atomic E-state index is 11.8. The molecule has 0 bridgehead atoms. The third-order valence-electron chi connectivity index (χ3n) is 3.17. The van der Waals surface area contributed by atoms with Crippen LogP contribution in [0.25, 0.3) is 0 Å². The molecule has 0 saturated carbocycles. The third-order valence-corrected chi connectivity index (χ3v) is 3.63. The Hall–Kier alpha value is -1.60. The number of carboxylic acids is 1. The van der Waals surface area contributed by atoms with Gasteiger partial charge in [-0.2, -0.15) is 0 Å². The van der Waals surface area contributed by atoms with Gasteiger partial charge in [-0.1, -0.05) is 15.9 Å². The highest BCUT2D eigenvalue weighted by Crippen LogP contribution is 2.20. The molecule has 1 aliphatic rings. The summed E-state index contributed by atoms with van der Waals surface area (Å²) in [4.78, 5) is 22.6. The summed E-state index contributed by atoms with van der Waals surface area (Å²) in [5, 5.41) is 14.2. The minimum Gasteiger partial charge on any atom is -0.479 e. The Kier molecular flexibility index (Phi) is 5.19. The maximum absolute atomic E-state index is 11.8. The van der Waals surface area contributed by atoms with Gasteiger partial charge < -0.3 is 20.5 Å². The van der Waals surface area contributed by atoms with E-state index < -0.39 is 12.1 Å². The lowest BCUT2D eigenvalue weighted by Gasteiger charge is -2.13. The first-order valence-corrected chi connectivity index (χ1v) is 7.43. The molecule has 6 nitrogen and oxygen atoms in total. The van der Waals surface area contributed by atoms with E-state index in [1.165, 1.54) is 0 Å². The summed E-state index contributed by atoms with van der Waals surface area (Å²) in [6.07, 6.45) is 0.107. The number of benzene rings is 1. The van der Waals surface area contributed by atoms with Crippen LogP contribution in [0.2, 0.25) is 0 Å². The van der Waals surface area contributed by atoms with E-state index in [0.717, 1.165) is 10.0 Å². The fourth-order valence-electron chi connectivity index (χ4n) is 2.23. The highest BCUT2D eigenvalue weighted by Gasteiger charge is 2.30. The van der Waals surface area contributed by atoms with Crippen LogP contribution >= 0.6 is 15.9 Å². The van der Waals surface area contributed by atoms with Crippen LogP contribution in [0.15, 0.2) is 22.7 Å². The second-order valence-electron chi connectivity index (χ2n) is 5.01. The number of carbonyl (C=O) groups excluding carboxylic acids is 1. The van der Waals surface area contributed by atoms with Gasteiger partial charge in [-0.15, -0.1) is 0 Å². The Balaban J connectivity index is 1.79. The van der Waals surface area contributed by atoms with Gasteiger partial charge in [-0.25, -0.2) is 9.59 Å². The zero-order chi connectivity index (χ0) is 15.4. The largest absolute Gasteiger partial charge is 0.479 e. The summed E-state index contributed by atoms with van der Waals surface area (Å²) in [6, 6.07) is 5.27. The molecule has 114 valence electrons. The molecule has 1 saturated heterocycles. The van der Waals surface area contributed by atoms with Crippen molar-refractivity contribution in [2.45, 2.75) is 32.0 Å². The van der Waals surface area contributed by atoms with Crippen LogP contribution in [0.3, 0.4) is 0 Å². The van der Waals surface area contributed by atoms with E-state index in [0.29, 0.717) is 25.1 Å². The molecular formula is C14H17BrN2O4. The molecule has 1 aromatic carbocycles. The van der Waals surface area contributed by atoms with Crippen LogP contribution in [0.5, 0.6) is 0 Å². The molecule has 1 aliphatic heterocycles. The minimum absolute atomic E-state index is 0.249. The van der Waals surface area contributed by atoms with Crippen molar-refractivity contribution in [1.82, 2.24) is 5.32 Å². The van der Waals surface area contributed by atoms with E-state index in [2.05, 4.69) is 26.6 Å². The molecule has 1 heterocycles. The van der Waals surface area contributed by atoms with Crippen molar-refractivity contribution >= 4 is 33.6 Å². The Labute approximate surface area is 131 Å². The number of hydrogen-bond donors (Lipinski definition) is 3.